The number of sulfonamides is 1. The van der Waals surface area contributed by atoms with E-state index in [4.69, 9.17) is 15.9 Å². The van der Waals surface area contributed by atoms with Gasteiger partial charge in [-0.2, -0.15) is 0 Å². The predicted octanol–water partition coefficient (Wildman–Crippen LogP) is 1.01. The fourth-order valence-corrected chi connectivity index (χ4v) is 5.19. The number of amidine groups is 1. The Bertz CT molecular complexity index is 1030. The fraction of sp³-hybridized carbons (Fsp3) is 0.583. The summed E-state index contributed by atoms with van der Waals surface area (Å²) >= 11 is 0. The van der Waals surface area contributed by atoms with E-state index in [1.54, 1.807) is 31.2 Å². The lowest BCUT2D eigenvalue weighted by molar-refractivity contribution is -0.140. The zero-order valence-electron chi connectivity index (χ0n) is 20.9. The third-order valence-corrected chi connectivity index (χ3v) is 7.16. The van der Waals surface area contributed by atoms with Gasteiger partial charge in [-0.15, -0.1) is 0 Å². The van der Waals surface area contributed by atoms with E-state index in [0.29, 0.717) is 31.4 Å². The number of nitrogen functional groups attached to an aromatic ring is 1. The number of rotatable bonds is 14. The first kappa shape index (κ1) is 29.2. The second kappa shape index (κ2) is 13.9. The third kappa shape index (κ3) is 8.90. The van der Waals surface area contributed by atoms with E-state index in [1.165, 1.54) is 4.90 Å². The van der Waals surface area contributed by atoms with Crippen molar-refractivity contribution in [2.24, 2.45) is 5.73 Å². The lowest BCUT2D eigenvalue weighted by Gasteiger charge is -2.28. The van der Waals surface area contributed by atoms with Crippen LogP contribution in [0.3, 0.4) is 0 Å². The molecule has 1 aromatic carbocycles. The minimum Gasteiger partial charge on any atom is -0.465 e. The molecule has 0 saturated carbocycles. The molecule has 0 aliphatic carbocycles. The van der Waals surface area contributed by atoms with Crippen LogP contribution in [-0.2, 0) is 35.7 Å². The van der Waals surface area contributed by atoms with E-state index in [0.717, 1.165) is 18.4 Å². The molecule has 1 fully saturated rings. The summed E-state index contributed by atoms with van der Waals surface area (Å²) in [6.07, 6.45) is 3.68. The first-order valence-electron chi connectivity index (χ1n) is 12.2. The van der Waals surface area contributed by atoms with Gasteiger partial charge in [0.15, 0.2) is 5.75 Å². The van der Waals surface area contributed by atoms with Crippen LogP contribution in [0.25, 0.3) is 0 Å². The molecular weight excluding hydrogens is 486 g/mol. The zero-order chi connectivity index (χ0) is 26.7. The molecule has 1 aliphatic rings. The Morgan fingerprint density at radius 2 is 1.89 bits per heavy atom. The van der Waals surface area contributed by atoms with Gasteiger partial charge in [-0.1, -0.05) is 50.5 Å². The van der Waals surface area contributed by atoms with Crippen molar-refractivity contribution in [1.29, 1.82) is 5.41 Å². The van der Waals surface area contributed by atoms with Gasteiger partial charge >= 0.3 is 5.97 Å². The smallest absolute Gasteiger partial charge is 0.322 e. The van der Waals surface area contributed by atoms with Crippen LogP contribution in [-0.4, -0.2) is 67.9 Å². The lowest BCUT2D eigenvalue weighted by Crippen LogP contribution is -2.54. The van der Waals surface area contributed by atoms with Crippen molar-refractivity contribution >= 4 is 33.6 Å². The number of amides is 2. The molecule has 0 bridgehead atoms. The average Bonchev–Trinajstić information content (AvgIpc) is 3.31. The van der Waals surface area contributed by atoms with Crippen molar-refractivity contribution in [2.45, 2.75) is 71.0 Å². The Hall–Kier alpha value is -2.99. The van der Waals surface area contributed by atoms with Crippen molar-refractivity contribution in [2.75, 3.05) is 18.9 Å². The summed E-state index contributed by atoms with van der Waals surface area (Å²) in [4.78, 5) is 39.5. The van der Waals surface area contributed by atoms with Crippen LogP contribution in [0.5, 0.6) is 0 Å². The molecule has 2 amide bonds. The Morgan fingerprint density at radius 3 is 2.50 bits per heavy atom. The summed E-state index contributed by atoms with van der Waals surface area (Å²) in [7, 11) is -4.10. The number of nitrogens with one attached hydrogen (secondary N) is 3. The molecule has 2 rings (SSSR count). The van der Waals surface area contributed by atoms with Crippen molar-refractivity contribution in [3.05, 3.63) is 35.4 Å². The highest BCUT2D eigenvalue weighted by Crippen LogP contribution is 2.21. The van der Waals surface area contributed by atoms with Gasteiger partial charge in [0.05, 0.1) is 6.61 Å². The molecule has 1 saturated heterocycles. The average molecular weight is 524 g/mol. The highest BCUT2D eigenvalue weighted by atomic mass is 32.2. The number of esters is 1. The number of benzene rings is 1. The molecule has 0 aromatic heterocycles. The van der Waals surface area contributed by atoms with Crippen molar-refractivity contribution < 1.29 is 27.5 Å². The van der Waals surface area contributed by atoms with Crippen LogP contribution in [0, 0.1) is 5.41 Å². The van der Waals surface area contributed by atoms with Crippen LogP contribution in [0.4, 0.5) is 0 Å². The number of ether oxygens (including phenoxy) is 1. The quantitative estimate of drug-likeness (QED) is 0.122. The predicted molar refractivity (Wildman–Crippen MR) is 136 cm³/mol. The normalized spacial score (nSPS) is 16.4. The van der Waals surface area contributed by atoms with Gasteiger partial charge in [-0.25, -0.2) is 13.1 Å². The number of nitrogens with zero attached hydrogens (tertiary/aromatic N) is 1. The van der Waals surface area contributed by atoms with Gasteiger partial charge in [0.25, 0.3) is 0 Å². The Kier molecular flexibility index (Phi) is 11.3. The summed E-state index contributed by atoms with van der Waals surface area (Å²) in [5.41, 5.74) is 6.85. The van der Waals surface area contributed by atoms with Crippen LogP contribution in [0.2, 0.25) is 0 Å². The van der Waals surface area contributed by atoms with E-state index >= 15 is 0 Å². The fourth-order valence-electron chi connectivity index (χ4n) is 4.06. The number of carbonyl (C=O) groups excluding carboxylic acids is 3. The summed E-state index contributed by atoms with van der Waals surface area (Å²) in [6, 6.07) is 5.13. The molecule has 11 nitrogen and oxygen atoms in total. The van der Waals surface area contributed by atoms with Crippen LogP contribution < -0.4 is 15.8 Å². The Labute approximate surface area is 212 Å². The van der Waals surface area contributed by atoms with E-state index in [1.807, 2.05) is 6.92 Å². The van der Waals surface area contributed by atoms with E-state index in [2.05, 4.69) is 10.0 Å². The first-order chi connectivity index (χ1) is 17.1. The van der Waals surface area contributed by atoms with E-state index < -0.39 is 39.7 Å². The maximum Gasteiger partial charge on any atom is 0.322 e. The molecule has 5 N–H and O–H groups in total. The molecule has 1 aliphatic heterocycles. The molecule has 1 aromatic rings. The molecule has 36 heavy (non-hydrogen) atoms. The summed E-state index contributed by atoms with van der Waals surface area (Å²) in [6.45, 7) is 4.21. The second-order valence-corrected chi connectivity index (χ2v) is 10.5. The maximum absolute atomic E-state index is 13.4. The molecular formula is C24H37N5O6S. The monoisotopic (exact) mass is 523 g/mol. The zero-order valence-corrected chi connectivity index (χ0v) is 21.7. The first-order valence-corrected chi connectivity index (χ1v) is 13.9. The molecule has 12 heteroatoms. The van der Waals surface area contributed by atoms with Crippen molar-refractivity contribution in [3.8, 4) is 0 Å². The molecule has 2 atom stereocenters. The minimum atomic E-state index is -4.10. The summed E-state index contributed by atoms with van der Waals surface area (Å²) in [5.74, 6) is -2.60. The molecule has 0 spiro atoms. The molecule has 0 unspecified atom stereocenters. The Morgan fingerprint density at radius 1 is 1.19 bits per heavy atom. The minimum absolute atomic E-state index is 0.0444. The second-order valence-electron chi connectivity index (χ2n) is 8.75. The Balaban J connectivity index is 2.07. The highest BCUT2D eigenvalue weighted by molar-refractivity contribution is 7.90. The SMILES string of the molecule is CCCCC[C@@H](NS(=O)(=O)CC(=O)OCC)C(=O)N1CCC[C@H]1C(=O)NCc1ccc(C(=N)N)cc1. The van der Waals surface area contributed by atoms with Gasteiger partial charge < -0.3 is 20.7 Å². The summed E-state index contributed by atoms with van der Waals surface area (Å²) in [5, 5.41) is 10.3. The number of unbranched alkanes of at least 4 members (excludes halogenated alkanes) is 2. The van der Waals surface area contributed by atoms with E-state index in [9.17, 15) is 22.8 Å². The highest BCUT2D eigenvalue weighted by Gasteiger charge is 2.38. The van der Waals surface area contributed by atoms with Crippen LogP contribution in [0.15, 0.2) is 24.3 Å². The standard InChI is InChI=1S/C24H37N5O6S/c1-3-5-6-8-19(28-36(33,34)16-21(30)35-4-2)24(32)29-14-7-9-20(29)23(31)27-15-17-10-12-18(13-11-17)22(25)26/h10-13,19-20,28H,3-9,14-16H2,1-2H3,(H3,25,26)(H,27,31)/t19-,20+/m1/s1. The topological polar surface area (TPSA) is 172 Å². The van der Waals surface area contributed by atoms with Crippen molar-refractivity contribution in [3.63, 3.8) is 0 Å². The largest absolute Gasteiger partial charge is 0.465 e. The lowest BCUT2D eigenvalue weighted by atomic mass is 10.1. The summed E-state index contributed by atoms with van der Waals surface area (Å²) < 4.78 is 32.2. The third-order valence-electron chi connectivity index (χ3n) is 5.90. The number of nitrogens with two attached hydrogens (primary N) is 1. The van der Waals surface area contributed by atoms with Gasteiger partial charge in [-0.05, 0) is 31.7 Å². The molecule has 200 valence electrons. The van der Waals surface area contributed by atoms with Gasteiger partial charge in [0.2, 0.25) is 21.8 Å². The maximum atomic E-state index is 13.4. The molecule has 0 radical (unpaired) electrons. The van der Waals surface area contributed by atoms with Crippen molar-refractivity contribution in [1.82, 2.24) is 14.9 Å². The molecule has 1 heterocycles. The van der Waals surface area contributed by atoms with Crippen LogP contribution in [0.1, 0.15) is 63.5 Å². The van der Waals surface area contributed by atoms with Crippen LogP contribution >= 0.6 is 0 Å². The number of likely N-dealkylation sites (tertiary alicyclic amines) is 1. The van der Waals surface area contributed by atoms with Gasteiger partial charge in [-0.3, -0.25) is 19.8 Å². The van der Waals surface area contributed by atoms with Gasteiger partial charge in [0.1, 0.15) is 17.9 Å². The number of hydrogen-bond acceptors (Lipinski definition) is 7. The number of hydrogen-bond donors (Lipinski definition) is 4. The van der Waals surface area contributed by atoms with E-state index in [-0.39, 0.29) is 31.3 Å². The van der Waals surface area contributed by atoms with Gasteiger partial charge in [0, 0.05) is 18.7 Å². The number of carbonyl (C=O) groups is 3.